The molecule has 0 bridgehead atoms. The van der Waals surface area contributed by atoms with Crippen molar-refractivity contribution in [3.63, 3.8) is 0 Å². The van der Waals surface area contributed by atoms with Gasteiger partial charge in [-0.25, -0.2) is 0 Å². The first kappa shape index (κ1) is 9.72. The standard InChI is InChI=1S/C11H15N5/c1-2-6-12-9(4-1)8-11-15-14-10-5-3-7-13-16(10)11/h3,5,7,9,12H,1-2,4,6,8H2. The summed E-state index contributed by atoms with van der Waals surface area (Å²) in [5.74, 6) is 0.954. The Morgan fingerprint density at radius 2 is 2.38 bits per heavy atom. The van der Waals surface area contributed by atoms with E-state index in [1.165, 1.54) is 19.3 Å². The van der Waals surface area contributed by atoms with Gasteiger partial charge in [0.1, 0.15) is 0 Å². The molecule has 1 atom stereocenters. The normalized spacial score (nSPS) is 21.4. The molecule has 1 N–H and O–H groups in total. The lowest BCUT2D eigenvalue weighted by molar-refractivity contribution is 0.392. The topological polar surface area (TPSA) is 55.1 Å². The van der Waals surface area contributed by atoms with Gasteiger partial charge in [0.15, 0.2) is 11.5 Å². The van der Waals surface area contributed by atoms with Crippen molar-refractivity contribution in [3.05, 3.63) is 24.2 Å². The van der Waals surface area contributed by atoms with Gasteiger partial charge in [-0.1, -0.05) is 6.42 Å². The molecular weight excluding hydrogens is 202 g/mol. The van der Waals surface area contributed by atoms with Crippen LogP contribution in [0.1, 0.15) is 25.1 Å². The maximum absolute atomic E-state index is 4.27. The summed E-state index contributed by atoms with van der Waals surface area (Å²) in [5.41, 5.74) is 0.827. The van der Waals surface area contributed by atoms with E-state index >= 15 is 0 Å². The van der Waals surface area contributed by atoms with Gasteiger partial charge in [0, 0.05) is 18.7 Å². The molecule has 2 aromatic heterocycles. The van der Waals surface area contributed by atoms with Crippen molar-refractivity contribution in [2.24, 2.45) is 0 Å². The first-order chi connectivity index (χ1) is 7.93. The van der Waals surface area contributed by atoms with Gasteiger partial charge in [-0.2, -0.15) is 9.61 Å². The Kier molecular flexibility index (Phi) is 2.53. The van der Waals surface area contributed by atoms with E-state index in [1.54, 1.807) is 6.20 Å². The molecule has 0 spiro atoms. The van der Waals surface area contributed by atoms with E-state index in [4.69, 9.17) is 0 Å². The monoisotopic (exact) mass is 217 g/mol. The van der Waals surface area contributed by atoms with Gasteiger partial charge in [-0.3, -0.25) is 0 Å². The number of fused-ring (bicyclic) bond motifs is 1. The fourth-order valence-corrected chi connectivity index (χ4v) is 2.24. The number of hydrogen-bond acceptors (Lipinski definition) is 4. The SMILES string of the molecule is c1cnn2c(CC3CCCCN3)nnc2c1. The van der Waals surface area contributed by atoms with Gasteiger partial charge in [0.25, 0.3) is 0 Å². The Morgan fingerprint density at radius 1 is 1.38 bits per heavy atom. The average molecular weight is 217 g/mol. The molecule has 0 radical (unpaired) electrons. The highest BCUT2D eigenvalue weighted by Crippen LogP contribution is 2.11. The molecule has 0 saturated carbocycles. The second kappa shape index (κ2) is 4.17. The first-order valence-corrected chi connectivity index (χ1v) is 5.82. The van der Waals surface area contributed by atoms with Crippen LogP contribution >= 0.6 is 0 Å². The van der Waals surface area contributed by atoms with Crippen LogP contribution in [0.5, 0.6) is 0 Å². The van der Waals surface area contributed by atoms with Crippen LogP contribution in [0.3, 0.4) is 0 Å². The van der Waals surface area contributed by atoms with Crippen LogP contribution in [0.15, 0.2) is 18.3 Å². The Morgan fingerprint density at radius 3 is 3.25 bits per heavy atom. The van der Waals surface area contributed by atoms with Gasteiger partial charge >= 0.3 is 0 Å². The van der Waals surface area contributed by atoms with E-state index < -0.39 is 0 Å². The molecule has 2 aromatic rings. The third-order valence-electron chi connectivity index (χ3n) is 3.08. The second-order valence-corrected chi connectivity index (χ2v) is 4.26. The van der Waals surface area contributed by atoms with Gasteiger partial charge in [0.05, 0.1) is 0 Å². The highest BCUT2D eigenvalue weighted by atomic mass is 15.4. The first-order valence-electron chi connectivity index (χ1n) is 5.82. The molecular formula is C11H15N5. The Balaban J connectivity index is 1.83. The van der Waals surface area contributed by atoms with Crippen LogP contribution in [-0.2, 0) is 6.42 Å². The molecule has 5 nitrogen and oxygen atoms in total. The van der Waals surface area contributed by atoms with Crippen molar-refractivity contribution in [1.82, 2.24) is 25.1 Å². The minimum Gasteiger partial charge on any atom is -0.314 e. The summed E-state index contributed by atoms with van der Waals surface area (Å²) in [5, 5.41) is 16.1. The van der Waals surface area contributed by atoms with E-state index in [2.05, 4.69) is 20.6 Å². The van der Waals surface area contributed by atoms with Gasteiger partial charge in [0.2, 0.25) is 0 Å². The lowest BCUT2D eigenvalue weighted by Gasteiger charge is -2.22. The molecule has 1 saturated heterocycles. The summed E-state index contributed by atoms with van der Waals surface area (Å²) < 4.78 is 1.83. The van der Waals surface area contributed by atoms with Crippen LogP contribution in [-0.4, -0.2) is 32.4 Å². The Bertz CT molecular complexity index is 472. The van der Waals surface area contributed by atoms with E-state index in [9.17, 15) is 0 Å². The summed E-state index contributed by atoms with van der Waals surface area (Å²) in [4.78, 5) is 0. The van der Waals surface area contributed by atoms with Crippen molar-refractivity contribution in [2.75, 3.05) is 6.54 Å². The number of nitrogens with one attached hydrogen (secondary N) is 1. The number of rotatable bonds is 2. The molecule has 1 aliphatic rings. The molecule has 3 rings (SSSR count). The number of nitrogens with zero attached hydrogens (tertiary/aromatic N) is 4. The zero-order valence-corrected chi connectivity index (χ0v) is 9.13. The molecule has 1 aliphatic heterocycles. The third-order valence-corrected chi connectivity index (χ3v) is 3.08. The van der Waals surface area contributed by atoms with Gasteiger partial charge in [-0.05, 0) is 31.5 Å². The van der Waals surface area contributed by atoms with Gasteiger partial charge < -0.3 is 5.32 Å². The maximum Gasteiger partial charge on any atom is 0.177 e. The fraction of sp³-hybridized carbons (Fsp3) is 0.545. The maximum atomic E-state index is 4.27. The molecule has 0 amide bonds. The summed E-state index contributed by atoms with van der Waals surface area (Å²) >= 11 is 0. The van der Waals surface area contributed by atoms with Crippen LogP contribution in [0, 0.1) is 0 Å². The second-order valence-electron chi connectivity index (χ2n) is 4.26. The Hall–Kier alpha value is -1.49. The molecule has 16 heavy (non-hydrogen) atoms. The number of aromatic nitrogens is 4. The smallest absolute Gasteiger partial charge is 0.177 e. The minimum atomic E-state index is 0.531. The third kappa shape index (κ3) is 1.78. The molecule has 3 heterocycles. The van der Waals surface area contributed by atoms with Crippen LogP contribution in [0.2, 0.25) is 0 Å². The van der Waals surface area contributed by atoms with E-state index in [-0.39, 0.29) is 0 Å². The lowest BCUT2D eigenvalue weighted by Crippen LogP contribution is -2.36. The highest BCUT2D eigenvalue weighted by molar-refractivity contribution is 5.34. The molecule has 5 heteroatoms. The van der Waals surface area contributed by atoms with E-state index in [0.29, 0.717) is 6.04 Å². The Labute approximate surface area is 93.9 Å². The van der Waals surface area contributed by atoms with Gasteiger partial charge in [-0.15, -0.1) is 10.2 Å². The van der Waals surface area contributed by atoms with Crippen molar-refractivity contribution in [2.45, 2.75) is 31.7 Å². The molecule has 0 aromatic carbocycles. The summed E-state index contributed by atoms with van der Waals surface area (Å²) in [6, 6.07) is 4.34. The van der Waals surface area contributed by atoms with Crippen molar-refractivity contribution in [1.29, 1.82) is 0 Å². The van der Waals surface area contributed by atoms with E-state index in [0.717, 1.165) is 24.4 Å². The van der Waals surface area contributed by atoms with Crippen molar-refractivity contribution < 1.29 is 0 Å². The quantitative estimate of drug-likeness (QED) is 0.808. The average Bonchev–Trinajstić information content (AvgIpc) is 2.74. The number of piperidine rings is 1. The highest BCUT2D eigenvalue weighted by Gasteiger charge is 2.16. The summed E-state index contributed by atoms with van der Waals surface area (Å²) in [7, 11) is 0. The summed E-state index contributed by atoms with van der Waals surface area (Å²) in [6.07, 6.45) is 6.51. The molecule has 0 aliphatic carbocycles. The fourth-order valence-electron chi connectivity index (χ4n) is 2.24. The van der Waals surface area contributed by atoms with Crippen molar-refractivity contribution in [3.8, 4) is 0 Å². The minimum absolute atomic E-state index is 0.531. The number of hydrogen-bond donors (Lipinski definition) is 1. The largest absolute Gasteiger partial charge is 0.314 e. The molecule has 84 valence electrons. The zero-order chi connectivity index (χ0) is 10.8. The summed E-state index contributed by atoms with van der Waals surface area (Å²) in [6.45, 7) is 1.12. The van der Waals surface area contributed by atoms with Crippen LogP contribution < -0.4 is 5.32 Å². The van der Waals surface area contributed by atoms with E-state index in [1.807, 2.05) is 16.6 Å². The van der Waals surface area contributed by atoms with Crippen molar-refractivity contribution >= 4 is 5.65 Å². The predicted molar refractivity (Wildman–Crippen MR) is 60.1 cm³/mol. The lowest BCUT2D eigenvalue weighted by atomic mass is 10.0. The molecule has 1 fully saturated rings. The zero-order valence-electron chi connectivity index (χ0n) is 9.13. The predicted octanol–water partition coefficient (Wildman–Crippen LogP) is 0.809. The van der Waals surface area contributed by atoms with Crippen LogP contribution in [0.25, 0.3) is 5.65 Å². The van der Waals surface area contributed by atoms with Crippen LogP contribution in [0.4, 0.5) is 0 Å². The molecule has 1 unspecified atom stereocenters.